The van der Waals surface area contributed by atoms with Gasteiger partial charge in [-0.3, -0.25) is 9.69 Å². The summed E-state index contributed by atoms with van der Waals surface area (Å²) in [6.45, 7) is 3.54. The Morgan fingerprint density at radius 2 is 1.71 bits per heavy atom. The van der Waals surface area contributed by atoms with E-state index in [1.54, 1.807) is 0 Å². The van der Waals surface area contributed by atoms with Crippen molar-refractivity contribution >= 4 is 5.91 Å². The van der Waals surface area contributed by atoms with Crippen LogP contribution in [0.15, 0.2) is 48.5 Å². The molecule has 24 heavy (non-hydrogen) atoms. The number of amides is 1. The van der Waals surface area contributed by atoms with Crippen LogP contribution in [-0.4, -0.2) is 34.8 Å². The molecular formula is C20H21FN2O. The van der Waals surface area contributed by atoms with E-state index in [1.165, 1.54) is 12.1 Å². The molecule has 2 aliphatic heterocycles. The molecule has 2 aromatic carbocycles. The van der Waals surface area contributed by atoms with Crippen LogP contribution in [0.3, 0.4) is 0 Å². The first kappa shape index (κ1) is 15.3. The van der Waals surface area contributed by atoms with Crippen molar-refractivity contribution in [2.75, 3.05) is 13.1 Å². The van der Waals surface area contributed by atoms with E-state index in [-0.39, 0.29) is 11.7 Å². The molecule has 2 aliphatic rings. The Balaban J connectivity index is 1.35. The largest absolute Gasteiger partial charge is 0.331 e. The van der Waals surface area contributed by atoms with Crippen LogP contribution in [0, 0.1) is 5.82 Å². The van der Waals surface area contributed by atoms with E-state index >= 15 is 0 Å². The minimum Gasteiger partial charge on any atom is -0.331 e. The molecule has 1 saturated heterocycles. The van der Waals surface area contributed by atoms with Crippen LogP contribution in [0.2, 0.25) is 0 Å². The molecule has 4 rings (SSSR count). The number of piperidine rings is 1. The van der Waals surface area contributed by atoms with Crippen LogP contribution in [0.5, 0.6) is 0 Å². The molecule has 1 fully saturated rings. The van der Waals surface area contributed by atoms with Gasteiger partial charge in [0.1, 0.15) is 5.82 Å². The van der Waals surface area contributed by atoms with Crippen molar-refractivity contribution in [3.63, 3.8) is 0 Å². The molecule has 0 aliphatic carbocycles. The SMILES string of the molecule is O=C1c2ccccc2CN1C1CCN(Cc2ccc(F)cc2)CC1. The number of carbonyl (C=O) groups excluding carboxylic acids is 1. The monoisotopic (exact) mass is 324 g/mol. The van der Waals surface area contributed by atoms with E-state index in [9.17, 15) is 9.18 Å². The number of benzene rings is 2. The highest BCUT2D eigenvalue weighted by Crippen LogP contribution is 2.28. The molecule has 2 aromatic rings. The molecule has 0 N–H and O–H groups in total. The second-order valence-corrected chi connectivity index (χ2v) is 6.72. The fourth-order valence-electron chi connectivity index (χ4n) is 3.81. The molecule has 124 valence electrons. The van der Waals surface area contributed by atoms with Crippen molar-refractivity contribution in [3.05, 3.63) is 71.0 Å². The van der Waals surface area contributed by atoms with Gasteiger partial charge in [0.05, 0.1) is 0 Å². The van der Waals surface area contributed by atoms with Crippen LogP contribution < -0.4 is 0 Å². The van der Waals surface area contributed by atoms with Gasteiger partial charge in [0.2, 0.25) is 0 Å². The highest BCUT2D eigenvalue weighted by molar-refractivity contribution is 5.98. The summed E-state index contributed by atoms with van der Waals surface area (Å²) in [5.74, 6) is -0.00726. The lowest BCUT2D eigenvalue weighted by atomic mass is 10.0. The predicted molar refractivity (Wildman–Crippen MR) is 91.0 cm³/mol. The Kier molecular flexibility index (Phi) is 4.07. The van der Waals surface area contributed by atoms with Crippen LogP contribution in [0.4, 0.5) is 4.39 Å². The van der Waals surface area contributed by atoms with E-state index < -0.39 is 0 Å². The maximum atomic E-state index is 13.0. The molecule has 2 heterocycles. The number of likely N-dealkylation sites (tertiary alicyclic amines) is 1. The lowest BCUT2D eigenvalue weighted by Crippen LogP contribution is -2.44. The Hall–Kier alpha value is -2.20. The van der Waals surface area contributed by atoms with Gasteiger partial charge in [0.25, 0.3) is 5.91 Å². The molecule has 0 radical (unpaired) electrons. The first-order chi connectivity index (χ1) is 11.7. The van der Waals surface area contributed by atoms with E-state index in [0.717, 1.165) is 55.7 Å². The number of nitrogens with zero attached hydrogens (tertiary/aromatic N) is 2. The highest BCUT2D eigenvalue weighted by Gasteiger charge is 2.34. The minimum absolute atomic E-state index is 0.183. The summed E-state index contributed by atoms with van der Waals surface area (Å²) in [6.07, 6.45) is 2.00. The zero-order chi connectivity index (χ0) is 16.5. The lowest BCUT2D eigenvalue weighted by molar-refractivity contribution is 0.0590. The quantitative estimate of drug-likeness (QED) is 0.863. The Bertz CT molecular complexity index is 736. The number of fused-ring (bicyclic) bond motifs is 1. The Morgan fingerprint density at radius 3 is 2.42 bits per heavy atom. The fourth-order valence-corrected chi connectivity index (χ4v) is 3.81. The average Bonchev–Trinajstić information content (AvgIpc) is 2.95. The standard InChI is InChI=1S/C20H21FN2O/c21-17-7-5-15(6-8-17)13-22-11-9-18(10-12-22)23-14-16-3-1-2-4-19(16)20(23)24/h1-8,18H,9-14H2. The summed E-state index contributed by atoms with van der Waals surface area (Å²) < 4.78 is 13.0. The second-order valence-electron chi connectivity index (χ2n) is 6.72. The number of hydrogen-bond donors (Lipinski definition) is 0. The number of halogens is 1. The second kappa shape index (κ2) is 6.36. The minimum atomic E-state index is -0.190. The Morgan fingerprint density at radius 1 is 1.00 bits per heavy atom. The molecule has 0 saturated carbocycles. The Labute approximate surface area is 141 Å². The van der Waals surface area contributed by atoms with Crippen molar-refractivity contribution < 1.29 is 9.18 Å². The third-order valence-corrected chi connectivity index (χ3v) is 5.17. The first-order valence-corrected chi connectivity index (χ1v) is 8.56. The fraction of sp³-hybridized carbons (Fsp3) is 0.350. The highest BCUT2D eigenvalue weighted by atomic mass is 19.1. The van der Waals surface area contributed by atoms with Crippen molar-refractivity contribution in [2.24, 2.45) is 0 Å². The smallest absolute Gasteiger partial charge is 0.254 e. The predicted octanol–water partition coefficient (Wildman–Crippen LogP) is 3.45. The maximum Gasteiger partial charge on any atom is 0.254 e. The number of rotatable bonds is 3. The van der Waals surface area contributed by atoms with Crippen molar-refractivity contribution in [1.29, 1.82) is 0 Å². The summed E-state index contributed by atoms with van der Waals surface area (Å²) in [4.78, 5) is 17.0. The molecule has 1 amide bonds. The van der Waals surface area contributed by atoms with Gasteiger partial charge in [0.15, 0.2) is 0 Å². The normalized spacial score (nSPS) is 18.9. The topological polar surface area (TPSA) is 23.6 Å². The third kappa shape index (κ3) is 2.94. The molecule has 3 nitrogen and oxygen atoms in total. The van der Waals surface area contributed by atoms with Gasteiger partial charge in [-0.05, 0) is 42.2 Å². The molecule has 4 heteroatoms. The number of carbonyl (C=O) groups is 1. The maximum absolute atomic E-state index is 13.0. The van der Waals surface area contributed by atoms with Gasteiger partial charge in [-0.15, -0.1) is 0 Å². The van der Waals surface area contributed by atoms with Crippen LogP contribution in [-0.2, 0) is 13.1 Å². The molecule has 0 unspecified atom stereocenters. The van der Waals surface area contributed by atoms with E-state index in [4.69, 9.17) is 0 Å². The van der Waals surface area contributed by atoms with Crippen molar-refractivity contribution in [3.8, 4) is 0 Å². The van der Waals surface area contributed by atoms with Gasteiger partial charge in [0, 0.05) is 37.8 Å². The molecule has 0 aromatic heterocycles. The van der Waals surface area contributed by atoms with Gasteiger partial charge in [-0.25, -0.2) is 4.39 Å². The zero-order valence-electron chi connectivity index (χ0n) is 13.6. The summed E-state index contributed by atoms with van der Waals surface area (Å²) in [6, 6.07) is 15.0. The molecule has 0 bridgehead atoms. The van der Waals surface area contributed by atoms with Crippen LogP contribution in [0.25, 0.3) is 0 Å². The van der Waals surface area contributed by atoms with Gasteiger partial charge in [-0.1, -0.05) is 30.3 Å². The third-order valence-electron chi connectivity index (χ3n) is 5.17. The molecule has 0 spiro atoms. The molecule has 0 atom stereocenters. The van der Waals surface area contributed by atoms with Crippen molar-refractivity contribution in [1.82, 2.24) is 9.80 Å². The first-order valence-electron chi connectivity index (χ1n) is 8.56. The average molecular weight is 324 g/mol. The summed E-state index contributed by atoms with van der Waals surface area (Å²) in [7, 11) is 0. The van der Waals surface area contributed by atoms with Crippen molar-refractivity contribution in [2.45, 2.75) is 32.0 Å². The lowest BCUT2D eigenvalue weighted by Gasteiger charge is -2.36. The number of hydrogen-bond acceptors (Lipinski definition) is 2. The molecular weight excluding hydrogens is 303 g/mol. The summed E-state index contributed by atoms with van der Waals surface area (Å²) in [5, 5.41) is 0. The zero-order valence-corrected chi connectivity index (χ0v) is 13.6. The van der Waals surface area contributed by atoms with Gasteiger partial charge < -0.3 is 4.90 Å². The summed E-state index contributed by atoms with van der Waals surface area (Å²) >= 11 is 0. The van der Waals surface area contributed by atoms with E-state index in [0.29, 0.717) is 6.04 Å². The van der Waals surface area contributed by atoms with Gasteiger partial charge in [-0.2, -0.15) is 0 Å². The summed E-state index contributed by atoms with van der Waals surface area (Å²) in [5.41, 5.74) is 3.15. The van der Waals surface area contributed by atoms with Crippen LogP contribution in [0.1, 0.15) is 34.3 Å². The van der Waals surface area contributed by atoms with E-state index in [2.05, 4.69) is 11.0 Å². The van der Waals surface area contributed by atoms with Crippen LogP contribution >= 0.6 is 0 Å². The van der Waals surface area contributed by atoms with Gasteiger partial charge >= 0.3 is 0 Å². The van der Waals surface area contributed by atoms with E-state index in [1.807, 2.05) is 35.2 Å².